The van der Waals surface area contributed by atoms with Gasteiger partial charge in [-0.1, -0.05) is 0 Å². The van der Waals surface area contributed by atoms with Gasteiger partial charge in [-0.25, -0.2) is 15.0 Å². The molecule has 1 aliphatic heterocycles. The SMILES string of the molecule is CO[C@H]1C[C@@H](OO)OO1. The van der Waals surface area contributed by atoms with Gasteiger partial charge in [0, 0.05) is 7.11 Å². The van der Waals surface area contributed by atoms with Crippen LogP contribution in [-0.4, -0.2) is 24.9 Å². The molecule has 1 fully saturated rings. The number of rotatable bonds is 2. The third kappa shape index (κ3) is 1.60. The van der Waals surface area contributed by atoms with Crippen LogP contribution in [0.15, 0.2) is 0 Å². The third-order valence-corrected chi connectivity index (χ3v) is 1.04. The Morgan fingerprint density at radius 3 is 2.44 bits per heavy atom. The zero-order valence-electron chi connectivity index (χ0n) is 4.94. The Morgan fingerprint density at radius 1 is 1.44 bits per heavy atom. The average molecular weight is 136 g/mol. The Bertz CT molecular complexity index is 75.0. The molecule has 1 aliphatic rings. The first-order valence-electron chi connectivity index (χ1n) is 2.52. The molecule has 1 N–H and O–H groups in total. The number of hydrogen-bond acceptors (Lipinski definition) is 5. The Morgan fingerprint density at radius 2 is 2.11 bits per heavy atom. The Hall–Kier alpha value is -0.200. The van der Waals surface area contributed by atoms with E-state index < -0.39 is 12.6 Å². The quantitative estimate of drug-likeness (QED) is 0.431. The third-order valence-electron chi connectivity index (χ3n) is 1.04. The van der Waals surface area contributed by atoms with Gasteiger partial charge in [0.05, 0.1) is 6.42 Å². The number of ether oxygens (including phenoxy) is 1. The van der Waals surface area contributed by atoms with Crippen LogP contribution < -0.4 is 0 Å². The molecule has 1 saturated heterocycles. The van der Waals surface area contributed by atoms with Gasteiger partial charge < -0.3 is 4.74 Å². The summed E-state index contributed by atoms with van der Waals surface area (Å²) in [5.74, 6) is 0. The Kier molecular flexibility index (Phi) is 2.38. The Balaban J connectivity index is 2.20. The van der Waals surface area contributed by atoms with E-state index in [9.17, 15) is 0 Å². The van der Waals surface area contributed by atoms with Gasteiger partial charge in [-0.05, 0) is 0 Å². The molecule has 0 aromatic rings. The highest BCUT2D eigenvalue weighted by Crippen LogP contribution is 2.16. The van der Waals surface area contributed by atoms with Gasteiger partial charge in [-0.15, -0.1) is 0 Å². The van der Waals surface area contributed by atoms with Crippen molar-refractivity contribution in [2.75, 3.05) is 7.11 Å². The van der Waals surface area contributed by atoms with E-state index in [-0.39, 0.29) is 0 Å². The van der Waals surface area contributed by atoms with E-state index in [2.05, 4.69) is 14.7 Å². The van der Waals surface area contributed by atoms with Crippen molar-refractivity contribution in [1.29, 1.82) is 0 Å². The fourth-order valence-electron chi connectivity index (χ4n) is 0.556. The van der Waals surface area contributed by atoms with Crippen LogP contribution in [0.4, 0.5) is 0 Å². The molecule has 0 bridgehead atoms. The van der Waals surface area contributed by atoms with Crippen LogP contribution in [-0.2, 0) is 19.4 Å². The normalized spacial score (nSPS) is 35.3. The lowest BCUT2D eigenvalue weighted by atomic mass is 10.4. The van der Waals surface area contributed by atoms with Gasteiger partial charge in [0.15, 0.2) is 6.29 Å². The van der Waals surface area contributed by atoms with E-state index in [0.29, 0.717) is 6.42 Å². The van der Waals surface area contributed by atoms with E-state index in [1.165, 1.54) is 7.11 Å². The molecule has 1 heterocycles. The molecule has 0 aromatic carbocycles. The molecule has 5 nitrogen and oxygen atoms in total. The number of methoxy groups -OCH3 is 1. The fourth-order valence-corrected chi connectivity index (χ4v) is 0.556. The van der Waals surface area contributed by atoms with Crippen LogP contribution >= 0.6 is 0 Å². The second-order valence-electron chi connectivity index (χ2n) is 1.63. The maximum Gasteiger partial charge on any atom is 0.229 e. The van der Waals surface area contributed by atoms with Crippen molar-refractivity contribution >= 4 is 0 Å². The summed E-state index contributed by atoms with van der Waals surface area (Å²) in [6.07, 6.45) is -0.760. The Labute approximate surface area is 51.9 Å². The average Bonchev–Trinajstić information content (AvgIpc) is 2.34. The minimum absolute atomic E-state index is 0.382. The fraction of sp³-hybridized carbons (Fsp3) is 1.00. The van der Waals surface area contributed by atoms with Gasteiger partial charge in [0.1, 0.15) is 0 Å². The smallest absolute Gasteiger partial charge is 0.229 e. The lowest BCUT2D eigenvalue weighted by Crippen LogP contribution is -2.10. The summed E-state index contributed by atoms with van der Waals surface area (Å²) < 4.78 is 4.70. The molecule has 2 atom stereocenters. The van der Waals surface area contributed by atoms with Gasteiger partial charge in [0.2, 0.25) is 6.29 Å². The summed E-state index contributed by atoms with van der Waals surface area (Å²) in [4.78, 5) is 12.7. The van der Waals surface area contributed by atoms with Gasteiger partial charge >= 0.3 is 0 Å². The van der Waals surface area contributed by atoms with Crippen molar-refractivity contribution in [3.8, 4) is 0 Å². The molecule has 1 rings (SSSR count). The molecule has 0 radical (unpaired) electrons. The van der Waals surface area contributed by atoms with Crippen LogP contribution in [0.1, 0.15) is 6.42 Å². The van der Waals surface area contributed by atoms with Crippen LogP contribution in [0, 0.1) is 0 Å². The van der Waals surface area contributed by atoms with E-state index >= 15 is 0 Å². The van der Waals surface area contributed by atoms with Crippen LogP contribution in [0.3, 0.4) is 0 Å². The van der Waals surface area contributed by atoms with Gasteiger partial charge in [0.25, 0.3) is 0 Å². The molecule has 0 unspecified atom stereocenters. The summed E-state index contributed by atoms with van der Waals surface area (Å²) in [5.41, 5.74) is 0. The van der Waals surface area contributed by atoms with E-state index in [0.717, 1.165) is 0 Å². The molecular formula is C4H8O5. The second kappa shape index (κ2) is 3.09. The highest BCUT2D eigenvalue weighted by Gasteiger charge is 2.27. The molecule has 0 aromatic heterocycles. The molecular weight excluding hydrogens is 128 g/mol. The van der Waals surface area contributed by atoms with Gasteiger partial charge in [-0.3, -0.25) is 0 Å². The largest absolute Gasteiger partial charge is 0.353 e. The van der Waals surface area contributed by atoms with Crippen molar-refractivity contribution < 1.29 is 24.7 Å². The molecule has 9 heavy (non-hydrogen) atoms. The second-order valence-corrected chi connectivity index (χ2v) is 1.63. The van der Waals surface area contributed by atoms with Crippen LogP contribution in [0.2, 0.25) is 0 Å². The van der Waals surface area contributed by atoms with Crippen LogP contribution in [0.5, 0.6) is 0 Å². The molecule has 54 valence electrons. The monoisotopic (exact) mass is 136 g/mol. The predicted octanol–water partition coefficient (Wildman–Crippen LogP) is 0.127. The minimum Gasteiger partial charge on any atom is -0.353 e. The lowest BCUT2D eigenvalue weighted by Gasteiger charge is -1.99. The van der Waals surface area contributed by atoms with E-state index in [1.54, 1.807) is 0 Å². The van der Waals surface area contributed by atoms with Gasteiger partial charge in [-0.2, -0.15) is 4.89 Å². The summed E-state index contributed by atoms with van der Waals surface area (Å²) >= 11 is 0. The summed E-state index contributed by atoms with van der Waals surface area (Å²) in [5, 5.41) is 8.02. The number of hydrogen-bond donors (Lipinski definition) is 1. The highest BCUT2D eigenvalue weighted by atomic mass is 17.3. The summed E-state index contributed by atoms with van der Waals surface area (Å²) in [6.45, 7) is 0. The zero-order chi connectivity index (χ0) is 6.69. The van der Waals surface area contributed by atoms with Crippen molar-refractivity contribution in [2.24, 2.45) is 0 Å². The maximum atomic E-state index is 8.02. The first-order chi connectivity index (χ1) is 4.36. The van der Waals surface area contributed by atoms with E-state index in [4.69, 9.17) is 9.99 Å². The molecule has 0 amide bonds. The van der Waals surface area contributed by atoms with Crippen molar-refractivity contribution in [3.63, 3.8) is 0 Å². The van der Waals surface area contributed by atoms with Crippen molar-refractivity contribution in [3.05, 3.63) is 0 Å². The summed E-state index contributed by atoms with van der Waals surface area (Å²) in [7, 11) is 1.48. The van der Waals surface area contributed by atoms with E-state index in [1.807, 2.05) is 0 Å². The highest BCUT2D eigenvalue weighted by molar-refractivity contribution is 4.49. The molecule has 0 saturated carbocycles. The maximum absolute atomic E-state index is 8.02. The summed E-state index contributed by atoms with van der Waals surface area (Å²) in [6, 6.07) is 0. The first-order valence-corrected chi connectivity index (χ1v) is 2.52. The standard InChI is InChI=1S/C4H8O5/c1-6-3-2-4(7-5)9-8-3/h3-5H,2H2,1H3/t3-,4+/m1/s1. The zero-order valence-corrected chi connectivity index (χ0v) is 4.94. The van der Waals surface area contributed by atoms with Crippen molar-refractivity contribution in [1.82, 2.24) is 0 Å². The molecule has 5 heteroatoms. The van der Waals surface area contributed by atoms with Crippen molar-refractivity contribution in [2.45, 2.75) is 19.0 Å². The van der Waals surface area contributed by atoms with Crippen LogP contribution in [0.25, 0.3) is 0 Å². The minimum atomic E-state index is -0.713. The first kappa shape index (κ1) is 6.91. The topological polar surface area (TPSA) is 57.2 Å². The molecule has 0 spiro atoms. The molecule has 0 aliphatic carbocycles. The predicted molar refractivity (Wildman–Crippen MR) is 25.1 cm³/mol. The lowest BCUT2D eigenvalue weighted by molar-refractivity contribution is -0.426.